The highest BCUT2D eigenvalue weighted by Crippen LogP contribution is 2.35. The van der Waals surface area contributed by atoms with Crippen molar-refractivity contribution in [2.75, 3.05) is 0 Å². The Bertz CT molecular complexity index is 596. The summed E-state index contributed by atoms with van der Waals surface area (Å²) >= 11 is 0. The summed E-state index contributed by atoms with van der Waals surface area (Å²) in [6.45, 7) is 1.80. The first-order valence-corrected chi connectivity index (χ1v) is 6.23. The summed E-state index contributed by atoms with van der Waals surface area (Å²) in [6.07, 6.45) is -0.269. The molecule has 1 N–H and O–H groups in total. The predicted octanol–water partition coefficient (Wildman–Crippen LogP) is 1.60. The molecule has 0 aliphatic carbocycles. The lowest BCUT2D eigenvalue weighted by Gasteiger charge is -2.02. The van der Waals surface area contributed by atoms with E-state index in [4.69, 9.17) is 5.11 Å². The van der Waals surface area contributed by atoms with Crippen molar-refractivity contribution in [1.82, 2.24) is 0 Å². The van der Waals surface area contributed by atoms with E-state index in [1.165, 1.54) is 0 Å². The van der Waals surface area contributed by atoms with Gasteiger partial charge in [-0.25, -0.2) is 8.42 Å². The van der Waals surface area contributed by atoms with Crippen molar-refractivity contribution in [3.8, 4) is 0 Å². The fourth-order valence-corrected chi connectivity index (χ4v) is 3.31. The van der Waals surface area contributed by atoms with E-state index in [1.54, 1.807) is 25.1 Å². The van der Waals surface area contributed by atoms with Crippen LogP contribution in [0, 0.1) is 6.92 Å². The maximum atomic E-state index is 11.7. The number of rotatable bonds is 2. The van der Waals surface area contributed by atoms with Crippen LogP contribution in [0.3, 0.4) is 0 Å². The molecule has 4 nitrogen and oxygen atoms in total. The Kier molecular flexibility index (Phi) is 2.35. The van der Waals surface area contributed by atoms with Crippen molar-refractivity contribution >= 4 is 21.4 Å². The van der Waals surface area contributed by atoms with Crippen LogP contribution in [0.4, 0.5) is 0 Å². The monoisotopic (exact) mass is 238 g/mol. The zero-order valence-electron chi connectivity index (χ0n) is 8.60. The Balaban J connectivity index is 2.60. The lowest BCUT2D eigenvalue weighted by atomic mass is 10.0. The summed E-state index contributed by atoms with van der Waals surface area (Å²) in [6, 6.07) is 5.00. The molecule has 0 fully saturated rings. The molecule has 0 bridgehead atoms. The van der Waals surface area contributed by atoms with Gasteiger partial charge in [-0.3, -0.25) is 4.79 Å². The second-order valence-electron chi connectivity index (χ2n) is 3.76. The maximum Gasteiger partial charge on any atom is 0.307 e. The molecule has 16 heavy (non-hydrogen) atoms. The molecule has 0 atom stereocenters. The molecule has 2 rings (SSSR count). The number of fused-ring (bicyclic) bond motifs is 1. The highest BCUT2D eigenvalue weighted by atomic mass is 32.2. The first-order valence-electron chi connectivity index (χ1n) is 4.68. The Morgan fingerprint density at radius 3 is 2.69 bits per heavy atom. The standard InChI is InChI=1S/C11H10O4S/c1-7-2-3-9-8(5-11(12)13)6-16(14,15)10(9)4-7/h2-4,6H,5H2,1H3,(H,12,13). The van der Waals surface area contributed by atoms with Crippen LogP contribution >= 0.6 is 0 Å². The first kappa shape index (κ1) is 10.9. The van der Waals surface area contributed by atoms with E-state index in [9.17, 15) is 13.2 Å². The van der Waals surface area contributed by atoms with Crippen LogP contribution in [-0.2, 0) is 14.6 Å². The highest BCUT2D eigenvalue weighted by molar-refractivity contribution is 7.95. The number of hydrogen-bond acceptors (Lipinski definition) is 3. The third kappa shape index (κ3) is 1.74. The average molecular weight is 238 g/mol. The molecule has 0 aromatic heterocycles. The number of aryl methyl sites for hydroxylation is 1. The molecule has 84 valence electrons. The average Bonchev–Trinajstić information content (AvgIpc) is 2.37. The first-order chi connectivity index (χ1) is 7.40. The van der Waals surface area contributed by atoms with Crippen LogP contribution in [0.1, 0.15) is 17.5 Å². The van der Waals surface area contributed by atoms with Gasteiger partial charge >= 0.3 is 5.97 Å². The Hall–Kier alpha value is -1.62. The van der Waals surface area contributed by atoms with Crippen molar-refractivity contribution in [2.45, 2.75) is 18.2 Å². The van der Waals surface area contributed by atoms with Gasteiger partial charge in [0.2, 0.25) is 9.84 Å². The van der Waals surface area contributed by atoms with Gasteiger partial charge in [0.25, 0.3) is 0 Å². The molecule has 5 heteroatoms. The molecular weight excluding hydrogens is 228 g/mol. The molecular formula is C11H10O4S. The van der Waals surface area contributed by atoms with Crippen LogP contribution in [0.2, 0.25) is 0 Å². The number of hydrogen-bond donors (Lipinski definition) is 1. The molecule has 0 unspecified atom stereocenters. The van der Waals surface area contributed by atoms with E-state index >= 15 is 0 Å². The van der Waals surface area contributed by atoms with Gasteiger partial charge in [0.1, 0.15) is 0 Å². The molecule has 1 heterocycles. The quantitative estimate of drug-likeness (QED) is 0.849. The molecule has 0 saturated heterocycles. The fraction of sp³-hybridized carbons (Fsp3) is 0.182. The summed E-state index contributed by atoms with van der Waals surface area (Å²) in [5.41, 5.74) is 1.70. The third-order valence-electron chi connectivity index (χ3n) is 2.43. The maximum absolute atomic E-state index is 11.7. The third-order valence-corrected chi connectivity index (χ3v) is 3.97. The molecule has 1 aliphatic heterocycles. The van der Waals surface area contributed by atoms with Crippen LogP contribution in [0.5, 0.6) is 0 Å². The number of benzene rings is 1. The van der Waals surface area contributed by atoms with Crippen molar-refractivity contribution in [3.05, 3.63) is 34.7 Å². The van der Waals surface area contributed by atoms with Gasteiger partial charge in [0, 0.05) is 5.41 Å². The topological polar surface area (TPSA) is 71.4 Å². The Morgan fingerprint density at radius 1 is 1.38 bits per heavy atom. The number of carbonyl (C=O) groups is 1. The molecule has 1 aromatic rings. The number of carboxylic acid groups (broad SMARTS) is 1. The van der Waals surface area contributed by atoms with Crippen molar-refractivity contribution in [3.63, 3.8) is 0 Å². The summed E-state index contributed by atoms with van der Waals surface area (Å²) in [5, 5.41) is 9.74. The van der Waals surface area contributed by atoms with E-state index in [2.05, 4.69) is 0 Å². The minimum atomic E-state index is -3.45. The smallest absolute Gasteiger partial charge is 0.307 e. The van der Waals surface area contributed by atoms with Gasteiger partial charge in [0.05, 0.1) is 11.3 Å². The SMILES string of the molecule is Cc1ccc2c(c1)S(=O)(=O)C=C2CC(=O)O. The van der Waals surface area contributed by atoms with Crippen molar-refractivity contribution < 1.29 is 18.3 Å². The van der Waals surface area contributed by atoms with Gasteiger partial charge in [-0.2, -0.15) is 0 Å². The zero-order valence-corrected chi connectivity index (χ0v) is 9.41. The second kappa shape index (κ2) is 3.45. The molecule has 0 radical (unpaired) electrons. The number of aliphatic carboxylic acids is 1. The van der Waals surface area contributed by atoms with E-state index in [1.807, 2.05) is 0 Å². The summed E-state index contributed by atoms with van der Waals surface area (Å²) in [5.74, 6) is -1.03. The summed E-state index contributed by atoms with van der Waals surface area (Å²) < 4.78 is 23.5. The number of sulfone groups is 1. The Morgan fingerprint density at radius 2 is 2.06 bits per heavy atom. The van der Waals surface area contributed by atoms with Crippen molar-refractivity contribution in [1.29, 1.82) is 0 Å². The van der Waals surface area contributed by atoms with E-state index in [0.717, 1.165) is 11.0 Å². The summed E-state index contributed by atoms with van der Waals surface area (Å²) in [7, 11) is -3.45. The summed E-state index contributed by atoms with van der Waals surface area (Å²) in [4.78, 5) is 10.8. The van der Waals surface area contributed by atoms with Crippen LogP contribution in [0.15, 0.2) is 28.5 Å². The number of carboxylic acids is 1. The predicted molar refractivity (Wildman–Crippen MR) is 58.6 cm³/mol. The minimum Gasteiger partial charge on any atom is -0.481 e. The Labute approximate surface area is 93.1 Å². The van der Waals surface area contributed by atoms with Crippen molar-refractivity contribution in [2.24, 2.45) is 0 Å². The van der Waals surface area contributed by atoms with Gasteiger partial charge in [-0.05, 0) is 29.7 Å². The normalized spacial score (nSPS) is 16.7. The van der Waals surface area contributed by atoms with Crippen LogP contribution in [-0.4, -0.2) is 19.5 Å². The van der Waals surface area contributed by atoms with E-state index in [-0.39, 0.29) is 11.3 Å². The molecule has 1 aromatic carbocycles. The largest absolute Gasteiger partial charge is 0.481 e. The van der Waals surface area contributed by atoms with Gasteiger partial charge in [0.15, 0.2) is 0 Å². The van der Waals surface area contributed by atoms with Gasteiger partial charge in [-0.1, -0.05) is 12.1 Å². The van der Waals surface area contributed by atoms with Gasteiger partial charge < -0.3 is 5.11 Å². The highest BCUT2D eigenvalue weighted by Gasteiger charge is 2.27. The lowest BCUT2D eigenvalue weighted by molar-refractivity contribution is -0.135. The minimum absolute atomic E-state index is 0.212. The lowest BCUT2D eigenvalue weighted by Crippen LogP contribution is -1.96. The van der Waals surface area contributed by atoms with E-state index < -0.39 is 15.8 Å². The molecule has 1 aliphatic rings. The zero-order chi connectivity index (χ0) is 11.9. The molecule has 0 spiro atoms. The second-order valence-corrected chi connectivity index (χ2v) is 5.52. The van der Waals surface area contributed by atoms with Gasteiger partial charge in [-0.15, -0.1) is 0 Å². The van der Waals surface area contributed by atoms with Crippen LogP contribution in [0.25, 0.3) is 5.57 Å². The van der Waals surface area contributed by atoms with E-state index in [0.29, 0.717) is 11.1 Å². The van der Waals surface area contributed by atoms with Crippen LogP contribution < -0.4 is 0 Å². The molecule has 0 saturated carbocycles. The fourth-order valence-electron chi connectivity index (χ4n) is 1.74. The molecule has 0 amide bonds.